The van der Waals surface area contributed by atoms with E-state index >= 15 is 0 Å². The third-order valence-corrected chi connectivity index (χ3v) is 1.96. The van der Waals surface area contributed by atoms with Crippen LogP contribution >= 0.6 is 11.8 Å². The lowest BCUT2D eigenvalue weighted by Crippen LogP contribution is -1.96. The van der Waals surface area contributed by atoms with E-state index in [0.29, 0.717) is 0 Å². The Morgan fingerprint density at radius 1 is 1.60 bits per heavy atom. The van der Waals surface area contributed by atoms with Gasteiger partial charge >= 0.3 is 0 Å². The normalized spacial score (nSPS) is 10.1. The molecule has 0 N–H and O–H groups in total. The van der Waals surface area contributed by atoms with Crippen LogP contribution in [-0.4, -0.2) is 21.1 Å². The van der Waals surface area contributed by atoms with E-state index in [-0.39, 0.29) is 0 Å². The minimum atomic E-state index is 0.953. The molecule has 0 spiro atoms. The van der Waals surface area contributed by atoms with Gasteiger partial charge in [-0.25, -0.2) is 4.98 Å². The van der Waals surface area contributed by atoms with Gasteiger partial charge in [0.15, 0.2) is 0 Å². The topological polar surface area (TPSA) is 17.8 Å². The molecule has 1 aromatic heterocycles. The van der Waals surface area contributed by atoms with Crippen LogP contribution in [0.5, 0.6) is 0 Å². The number of thioether (sulfide) groups is 1. The molecule has 0 aliphatic rings. The van der Waals surface area contributed by atoms with E-state index in [1.54, 1.807) is 6.20 Å². The highest BCUT2D eigenvalue weighted by Crippen LogP contribution is 1.98. The molecule has 1 radical (unpaired) electrons. The summed E-state index contributed by atoms with van der Waals surface area (Å²) in [7, 11) is 0. The second-order valence-corrected chi connectivity index (χ2v) is 3.14. The van der Waals surface area contributed by atoms with E-state index < -0.39 is 0 Å². The van der Waals surface area contributed by atoms with E-state index in [1.807, 2.05) is 24.3 Å². The Hall–Kier alpha value is -0.440. The maximum atomic E-state index is 3.94. The highest BCUT2D eigenvalue weighted by molar-refractivity contribution is 7.99. The SMILES string of the molecule is [CH2]CSCCn1ccnc1. The van der Waals surface area contributed by atoms with Gasteiger partial charge in [0.25, 0.3) is 0 Å². The van der Waals surface area contributed by atoms with Crippen LogP contribution in [-0.2, 0) is 6.54 Å². The van der Waals surface area contributed by atoms with E-state index in [4.69, 9.17) is 0 Å². The van der Waals surface area contributed by atoms with Crippen molar-refractivity contribution in [3.63, 3.8) is 0 Å². The van der Waals surface area contributed by atoms with E-state index in [9.17, 15) is 0 Å². The lowest BCUT2D eigenvalue weighted by Gasteiger charge is -1.98. The molecule has 0 saturated carbocycles. The molecule has 0 unspecified atom stereocenters. The van der Waals surface area contributed by atoms with Gasteiger partial charge in [-0.2, -0.15) is 11.8 Å². The standard InChI is InChI=1S/C7H11N2S/c1-2-10-6-5-9-4-3-8-7-9/h3-4,7H,1-2,5-6H2. The number of hydrogen-bond donors (Lipinski definition) is 0. The Kier molecular flexibility index (Phi) is 3.36. The molecule has 55 valence electrons. The molecule has 0 aliphatic carbocycles. The number of nitrogens with zero attached hydrogens (tertiary/aromatic N) is 2. The first kappa shape index (κ1) is 7.66. The molecule has 0 amide bonds. The quantitative estimate of drug-likeness (QED) is 0.612. The van der Waals surface area contributed by atoms with Gasteiger partial charge in [0.1, 0.15) is 0 Å². The number of hydrogen-bond acceptors (Lipinski definition) is 2. The second kappa shape index (κ2) is 4.39. The molecular formula is C7H11N2S. The van der Waals surface area contributed by atoms with Crippen LogP contribution < -0.4 is 0 Å². The minimum absolute atomic E-state index is 0.953. The summed E-state index contributed by atoms with van der Waals surface area (Å²) in [6, 6.07) is 0. The molecule has 10 heavy (non-hydrogen) atoms. The largest absolute Gasteiger partial charge is 0.337 e. The lowest BCUT2D eigenvalue weighted by atomic mass is 10.7. The van der Waals surface area contributed by atoms with Crippen molar-refractivity contribution in [1.82, 2.24) is 9.55 Å². The van der Waals surface area contributed by atoms with Crippen molar-refractivity contribution in [2.24, 2.45) is 0 Å². The second-order valence-electron chi connectivity index (χ2n) is 1.91. The molecular weight excluding hydrogens is 144 g/mol. The number of imidazole rings is 1. The van der Waals surface area contributed by atoms with Gasteiger partial charge in [0.2, 0.25) is 0 Å². The van der Waals surface area contributed by atoms with Crippen LogP contribution in [0.2, 0.25) is 0 Å². The van der Waals surface area contributed by atoms with Gasteiger partial charge in [0.05, 0.1) is 6.33 Å². The summed E-state index contributed by atoms with van der Waals surface area (Å²) in [6.07, 6.45) is 5.61. The molecule has 0 saturated heterocycles. The summed E-state index contributed by atoms with van der Waals surface area (Å²) < 4.78 is 2.07. The molecule has 0 aliphatic heterocycles. The van der Waals surface area contributed by atoms with E-state index in [0.717, 1.165) is 18.1 Å². The van der Waals surface area contributed by atoms with Crippen molar-refractivity contribution in [2.45, 2.75) is 6.54 Å². The van der Waals surface area contributed by atoms with Gasteiger partial charge in [0, 0.05) is 24.7 Å². The number of aryl methyl sites for hydroxylation is 1. The van der Waals surface area contributed by atoms with Crippen LogP contribution in [0.25, 0.3) is 0 Å². The van der Waals surface area contributed by atoms with Crippen molar-refractivity contribution < 1.29 is 0 Å². The first-order valence-corrected chi connectivity index (χ1v) is 4.41. The molecule has 0 atom stereocenters. The average Bonchev–Trinajstić information content (AvgIpc) is 2.41. The fraction of sp³-hybridized carbons (Fsp3) is 0.429. The molecule has 0 fully saturated rings. The first-order chi connectivity index (χ1) is 4.93. The molecule has 1 aromatic rings. The molecule has 3 heteroatoms. The molecule has 2 nitrogen and oxygen atoms in total. The summed E-state index contributed by atoms with van der Waals surface area (Å²) in [4.78, 5) is 3.94. The highest BCUT2D eigenvalue weighted by Gasteiger charge is 1.87. The Morgan fingerprint density at radius 2 is 2.50 bits per heavy atom. The summed E-state index contributed by atoms with van der Waals surface area (Å²) in [5.74, 6) is 2.08. The molecule has 0 aromatic carbocycles. The fourth-order valence-electron chi connectivity index (χ4n) is 0.691. The Balaban J connectivity index is 2.15. The fourth-order valence-corrected chi connectivity index (χ4v) is 1.24. The van der Waals surface area contributed by atoms with Crippen LogP contribution in [0, 0.1) is 6.92 Å². The zero-order chi connectivity index (χ0) is 7.23. The maximum absolute atomic E-state index is 3.94. The summed E-state index contributed by atoms with van der Waals surface area (Å²) in [5.41, 5.74) is 0. The van der Waals surface area contributed by atoms with Crippen LogP contribution in [0.4, 0.5) is 0 Å². The van der Waals surface area contributed by atoms with Crippen LogP contribution in [0.15, 0.2) is 18.7 Å². The lowest BCUT2D eigenvalue weighted by molar-refractivity contribution is 0.771. The predicted octanol–water partition coefficient (Wildman–Crippen LogP) is 1.45. The van der Waals surface area contributed by atoms with Crippen molar-refractivity contribution in [1.29, 1.82) is 0 Å². The number of rotatable bonds is 4. The van der Waals surface area contributed by atoms with Gasteiger partial charge in [-0.15, -0.1) is 0 Å². The van der Waals surface area contributed by atoms with Crippen molar-refractivity contribution in [2.75, 3.05) is 11.5 Å². The predicted molar refractivity (Wildman–Crippen MR) is 44.9 cm³/mol. The Bertz CT molecular complexity index is 160. The average molecular weight is 155 g/mol. The van der Waals surface area contributed by atoms with Gasteiger partial charge in [-0.05, 0) is 12.7 Å². The third kappa shape index (κ3) is 2.43. The Morgan fingerprint density at radius 3 is 3.10 bits per heavy atom. The Labute approximate surface area is 65.7 Å². The maximum Gasteiger partial charge on any atom is 0.0946 e. The third-order valence-electron chi connectivity index (χ3n) is 1.20. The molecule has 0 bridgehead atoms. The van der Waals surface area contributed by atoms with E-state index in [1.165, 1.54) is 0 Å². The monoisotopic (exact) mass is 155 g/mol. The zero-order valence-electron chi connectivity index (χ0n) is 5.86. The highest BCUT2D eigenvalue weighted by atomic mass is 32.2. The van der Waals surface area contributed by atoms with Gasteiger partial charge in [-0.1, -0.05) is 0 Å². The molecule has 1 heterocycles. The summed E-state index contributed by atoms with van der Waals surface area (Å²) in [5, 5.41) is 0. The number of aromatic nitrogens is 2. The first-order valence-electron chi connectivity index (χ1n) is 3.26. The minimum Gasteiger partial charge on any atom is -0.337 e. The van der Waals surface area contributed by atoms with Crippen molar-refractivity contribution >= 4 is 11.8 Å². The smallest absolute Gasteiger partial charge is 0.0946 e. The summed E-state index contributed by atoms with van der Waals surface area (Å²) >= 11 is 1.85. The van der Waals surface area contributed by atoms with E-state index in [2.05, 4.69) is 16.5 Å². The van der Waals surface area contributed by atoms with Gasteiger partial charge < -0.3 is 4.57 Å². The van der Waals surface area contributed by atoms with Crippen LogP contribution in [0.3, 0.4) is 0 Å². The molecule has 1 rings (SSSR count). The van der Waals surface area contributed by atoms with Gasteiger partial charge in [-0.3, -0.25) is 0 Å². The van der Waals surface area contributed by atoms with Crippen LogP contribution in [0.1, 0.15) is 0 Å². The van der Waals surface area contributed by atoms with Crippen molar-refractivity contribution in [3.8, 4) is 0 Å². The van der Waals surface area contributed by atoms with Crippen molar-refractivity contribution in [3.05, 3.63) is 25.6 Å². The zero-order valence-corrected chi connectivity index (χ0v) is 6.68. The summed E-state index contributed by atoms with van der Waals surface area (Å²) in [6.45, 7) is 4.78.